The van der Waals surface area contributed by atoms with Crippen molar-refractivity contribution in [3.8, 4) is 0 Å². The van der Waals surface area contributed by atoms with Crippen molar-refractivity contribution in [2.45, 2.75) is 63.4 Å². The van der Waals surface area contributed by atoms with Gasteiger partial charge in [0.05, 0.1) is 37.5 Å². The molecule has 20 nitrogen and oxygen atoms in total. The van der Waals surface area contributed by atoms with Gasteiger partial charge >= 0.3 is 19.0 Å². The van der Waals surface area contributed by atoms with Crippen LogP contribution in [0.3, 0.4) is 0 Å². The number of aromatic amines is 2. The first kappa shape index (κ1) is 31.9. The molecule has 0 aromatic carbocycles. The monoisotopic (exact) mass is 624 g/mol. The van der Waals surface area contributed by atoms with Gasteiger partial charge in [-0.3, -0.25) is 33.3 Å². The van der Waals surface area contributed by atoms with Gasteiger partial charge in [0.2, 0.25) is 0 Å². The van der Waals surface area contributed by atoms with Crippen molar-refractivity contribution in [2.24, 2.45) is 10.2 Å². The summed E-state index contributed by atoms with van der Waals surface area (Å²) in [6.07, 6.45) is -1.46. The topological polar surface area (TPSA) is 270 Å². The van der Waals surface area contributed by atoms with Gasteiger partial charge in [-0.25, -0.2) is 9.59 Å². The standard InChI is InChI=1S/C22H29N10O10P/c1-11-6-31(21(35)25-19(11)33)17-4-13(27-29-23)15(41-17)8-39-43(37,10-38-3)40-9-16-14(28-30-24)5-18(42-16)32-7-12(2)20(34)26-22(32)36/h6-7,13-18H,4-5,8-10H2,1-3H3,(H,25,33,35)(H,26,34,36)/t13-,14+,15+,16-,17+,18-,43?. The lowest BCUT2D eigenvalue weighted by Gasteiger charge is -2.23. The molecule has 2 fully saturated rings. The van der Waals surface area contributed by atoms with E-state index in [9.17, 15) is 23.7 Å². The molecular weight excluding hydrogens is 595 g/mol. The number of rotatable bonds is 12. The molecule has 7 atom stereocenters. The molecule has 2 saturated heterocycles. The van der Waals surface area contributed by atoms with E-state index in [0.717, 1.165) is 9.13 Å². The number of nitrogens with one attached hydrogen (secondary N) is 2. The summed E-state index contributed by atoms with van der Waals surface area (Å²) in [6, 6.07) is -1.64. The third-order valence-corrected chi connectivity index (χ3v) is 8.54. The Bertz CT molecular complexity index is 1600. The van der Waals surface area contributed by atoms with Crippen molar-refractivity contribution in [2.75, 3.05) is 26.7 Å². The zero-order chi connectivity index (χ0) is 31.3. The van der Waals surface area contributed by atoms with Crippen molar-refractivity contribution in [3.05, 3.63) is 86.1 Å². The first-order chi connectivity index (χ1) is 20.5. The number of aryl methyl sites for hydroxylation is 2. The van der Waals surface area contributed by atoms with E-state index in [1.165, 1.54) is 33.4 Å². The third-order valence-electron chi connectivity index (χ3n) is 6.88. The predicted molar refractivity (Wildman–Crippen MR) is 146 cm³/mol. The second-order valence-corrected chi connectivity index (χ2v) is 11.8. The summed E-state index contributed by atoms with van der Waals surface area (Å²) in [6.45, 7) is 2.24. The van der Waals surface area contributed by atoms with Crippen LogP contribution in [-0.4, -0.2) is 70.1 Å². The minimum Gasteiger partial charge on any atom is -0.372 e. The van der Waals surface area contributed by atoms with E-state index in [1.54, 1.807) is 0 Å². The van der Waals surface area contributed by atoms with Gasteiger partial charge in [-0.2, -0.15) is 0 Å². The first-order valence-electron chi connectivity index (χ1n) is 12.9. The minimum atomic E-state index is -4.03. The molecule has 2 aliphatic heterocycles. The molecule has 0 radical (unpaired) electrons. The predicted octanol–water partition coefficient (Wildman–Crippen LogP) is 1.47. The second-order valence-electron chi connectivity index (χ2n) is 9.85. The molecule has 2 aliphatic rings. The summed E-state index contributed by atoms with van der Waals surface area (Å²) in [4.78, 5) is 58.1. The number of methoxy groups -OCH3 is 1. The summed E-state index contributed by atoms with van der Waals surface area (Å²) >= 11 is 0. The van der Waals surface area contributed by atoms with E-state index in [4.69, 9.17) is 34.3 Å². The number of H-pyrrole nitrogens is 2. The van der Waals surface area contributed by atoms with E-state index >= 15 is 0 Å². The number of azide groups is 2. The number of ether oxygens (including phenoxy) is 3. The van der Waals surface area contributed by atoms with Gasteiger partial charge in [0.1, 0.15) is 18.8 Å². The highest BCUT2D eigenvalue weighted by Crippen LogP contribution is 2.50. The maximum Gasteiger partial charge on any atom is 0.356 e. The largest absolute Gasteiger partial charge is 0.372 e. The Balaban J connectivity index is 1.46. The smallest absolute Gasteiger partial charge is 0.356 e. The Labute approximate surface area is 241 Å². The number of aromatic nitrogens is 4. The third kappa shape index (κ3) is 7.33. The number of nitrogens with zero attached hydrogens (tertiary/aromatic N) is 8. The van der Waals surface area contributed by atoms with E-state index in [-0.39, 0.29) is 24.0 Å². The summed E-state index contributed by atoms with van der Waals surface area (Å²) in [7, 11) is -2.76. The van der Waals surface area contributed by atoms with Crippen molar-refractivity contribution >= 4 is 7.60 Å². The van der Waals surface area contributed by atoms with Gasteiger partial charge in [0, 0.05) is 53.3 Å². The molecule has 0 saturated carbocycles. The fraction of sp³-hybridized carbons (Fsp3) is 0.636. The fourth-order valence-corrected chi connectivity index (χ4v) is 5.98. The molecule has 2 N–H and O–H groups in total. The molecule has 4 heterocycles. The SMILES string of the molecule is COCP(=O)(OC[C@@H]1O[C@H](n2cc(C)c(=O)[nH]c2=O)C[C@H]1N=[N+]=[N-])OC[C@H]1O[C@@H](n2cc(C)c(=O)[nH]c2=O)C[C@@H]1N=[N+]=[N-]. The summed E-state index contributed by atoms with van der Waals surface area (Å²) in [5, 5.41) is 7.40. The Morgan fingerprint density at radius 3 is 1.67 bits per heavy atom. The Morgan fingerprint density at radius 2 is 1.30 bits per heavy atom. The molecule has 2 aromatic rings. The Hall–Kier alpha value is -3.99. The van der Waals surface area contributed by atoms with Crippen molar-refractivity contribution in [3.63, 3.8) is 0 Å². The molecular formula is C22H29N10O10P. The highest BCUT2D eigenvalue weighted by atomic mass is 31.2. The van der Waals surface area contributed by atoms with Crippen LogP contribution in [0, 0.1) is 13.8 Å². The molecule has 232 valence electrons. The van der Waals surface area contributed by atoms with E-state index in [0.29, 0.717) is 0 Å². The van der Waals surface area contributed by atoms with E-state index in [1.807, 2.05) is 0 Å². The maximum absolute atomic E-state index is 13.6. The molecule has 2 aromatic heterocycles. The van der Waals surface area contributed by atoms with Gasteiger partial charge in [0.15, 0.2) is 0 Å². The summed E-state index contributed by atoms with van der Waals surface area (Å²) in [5.41, 5.74) is 16.0. The maximum atomic E-state index is 13.6. The average molecular weight is 625 g/mol. The Morgan fingerprint density at radius 1 is 0.884 bits per heavy atom. The van der Waals surface area contributed by atoms with Gasteiger partial charge in [0.25, 0.3) is 11.1 Å². The van der Waals surface area contributed by atoms with Gasteiger partial charge in [-0.1, -0.05) is 10.2 Å². The van der Waals surface area contributed by atoms with E-state index in [2.05, 4.69) is 30.0 Å². The molecule has 43 heavy (non-hydrogen) atoms. The first-order valence-corrected chi connectivity index (χ1v) is 14.6. The van der Waals surface area contributed by atoms with Crippen LogP contribution in [0.25, 0.3) is 20.9 Å². The second kappa shape index (κ2) is 13.5. The lowest BCUT2D eigenvalue weighted by Crippen LogP contribution is -2.33. The molecule has 0 spiro atoms. The molecule has 1 unspecified atom stereocenters. The zero-order valence-electron chi connectivity index (χ0n) is 23.3. The number of hydrogen-bond donors (Lipinski definition) is 2. The van der Waals surface area contributed by atoms with Crippen LogP contribution in [0.2, 0.25) is 0 Å². The lowest BCUT2D eigenvalue weighted by molar-refractivity contribution is -0.0360. The Kier molecular flexibility index (Phi) is 10.1. The van der Waals surface area contributed by atoms with Crippen LogP contribution in [-0.2, 0) is 27.8 Å². The number of hydrogen-bond acceptors (Lipinski definition) is 12. The van der Waals surface area contributed by atoms with Crippen LogP contribution in [0.15, 0.2) is 41.8 Å². The van der Waals surface area contributed by atoms with Crippen molar-refractivity contribution in [1.29, 1.82) is 0 Å². The fourth-order valence-electron chi connectivity index (χ4n) is 4.69. The van der Waals surface area contributed by atoms with Gasteiger partial charge < -0.3 is 23.3 Å². The van der Waals surface area contributed by atoms with Crippen LogP contribution >= 0.6 is 7.60 Å². The van der Waals surface area contributed by atoms with Crippen LogP contribution in [0.4, 0.5) is 0 Å². The van der Waals surface area contributed by atoms with E-state index < -0.39 is 86.4 Å². The van der Waals surface area contributed by atoms with Gasteiger partial charge in [-0.15, -0.1) is 0 Å². The van der Waals surface area contributed by atoms with Crippen molar-refractivity contribution < 1.29 is 27.8 Å². The van der Waals surface area contributed by atoms with Crippen molar-refractivity contribution in [1.82, 2.24) is 19.1 Å². The highest BCUT2D eigenvalue weighted by molar-refractivity contribution is 7.53. The normalized spacial score (nSPS) is 26.4. The molecule has 0 bridgehead atoms. The molecule has 0 aliphatic carbocycles. The van der Waals surface area contributed by atoms with Crippen LogP contribution in [0.5, 0.6) is 0 Å². The lowest BCUT2D eigenvalue weighted by atomic mass is 10.1. The van der Waals surface area contributed by atoms with Gasteiger partial charge in [-0.05, 0) is 24.9 Å². The van der Waals surface area contributed by atoms with Crippen LogP contribution in [0.1, 0.15) is 36.4 Å². The zero-order valence-corrected chi connectivity index (χ0v) is 24.2. The highest BCUT2D eigenvalue weighted by Gasteiger charge is 2.41. The average Bonchev–Trinajstić information content (AvgIpc) is 3.55. The minimum absolute atomic E-state index is 0.0631. The molecule has 21 heteroatoms. The quantitative estimate of drug-likeness (QED) is 0.148. The molecule has 0 amide bonds. The molecule has 4 rings (SSSR count). The summed E-state index contributed by atoms with van der Waals surface area (Å²) in [5.74, 6) is 0. The summed E-state index contributed by atoms with van der Waals surface area (Å²) < 4.78 is 43.9. The van der Waals surface area contributed by atoms with Crippen LogP contribution < -0.4 is 22.5 Å².